The Morgan fingerprint density at radius 2 is 1.91 bits per heavy atom. The number of aromatic nitrogens is 1. The second-order valence-corrected chi connectivity index (χ2v) is 7.27. The lowest BCUT2D eigenvalue weighted by atomic mass is 10.2. The molecular formula is C15H19N3O3S. The van der Waals surface area contributed by atoms with Crippen LogP contribution >= 0.6 is 0 Å². The van der Waals surface area contributed by atoms with E-state index in [1.54, 1.807) is 30.5 Å². The van der Waals surface area contributed by atoms with Crippen LogP contribution in [0.1, 0.15) is 0 Å². The van der Waals surface area contributed by atoms with E-state index in [4.69, 9.17) is 5.11 Å². The SMILES string of the molecule is O=S(=O)(c1ccc2ncccc2c1)N1CCN(CCO)CC1. The van der Waals surface area contributed by atoms with E-state index in [0.717, 1.165) is 10.9 Å². The van der Waals surface area contributed by atoms with Crippen molar-refractivity contribution < 1.29 is 13.5 Å². The normalized spacial score (nSPS) is 17.9. The maximum atomic E-state index is 12.7. The van der Waals surface area contributed by atoms with Gasteiger partial charge in [-0.05, 0) is 24.3 Å². The van der Waals surface area contributed by atoms with Crippen molar-refractivity contribution >= 4 is 20.9 Å². The average Bonchev–Trinajstić information content (AvgIpc) is 2.55. The summed E-state index contributed by atoms with van der Waals surface area (Å²) in [5.41, 5.74) is 0.786. The molecular weight excluding hydrogens is 302 g/mol. The number of benzene rings is 1. The summed E-state index contributed by atoms with van der Waals surface area (Å²) in [7, 11) is -3.48. The standard InChI is InChI=1S/C15H19N3O3S/c19-11-10-17-6-8-18(9-7-17)22(20,21)14-3-4-15-13(12-14)2-1-5-16-15/h1-5,12,19H,6-11H2. The zero-order valence-electron chi connectivity index (χ0n) is 12.2. The van der Waals surface area contributed by atoms with Gasteiger partial charge in [-0.15, -0.1) is 0 Å². The molecule has 3 rings (SSSR count). The van der Waals surface area contributed by atoms with Gasteiger partial charge in [0.05, 0.1) is 17.0 Å². The van der Waals surface area contributed by atoms with E-state index in [0.29, 0.717) is 37.6 Å². The third-order valence-corrected chi connectivity index (χ3v) is 5.85. The molecule has 1 saturated heterocycles. The largest absolute Gasteiger partial charge is 0.395 e. The number of hydrogen-bond acceptors (Lipinski definition) is 5. The summed E-state index contributed by atoms with van der Waals surface area (Å²) < 4.78 is 27.0. The van der Waals surface area contributed by atoms with E-state index < -0.39 is 10.0 Å². The minimum atomic E-state index is -3.48. The van der Waals surface area contributed by atoms with Crippen LogP contribution in [0.5, 0.6) is 0 Å². The number of hydrogen-bond donors (Lipinski definition) is 1. The van der Waals surface area contributed by atoms with Crippen LogP contribution in [-0.4, -0.2) is 67.0 Å². The molecule has 2 heterocycles. The van der Waals surface area contributed by atoms with Crippen LogP contribution in [-0.2, 0) is 10.0 Å². The van der Waals surface area contributed by atoms with Crippen molar-refractivity contribution in [3.63, 3.8) is 0 Å². The van der Waals surface area contributed by atoms with Crippen molar-refractivity contribution in [1.82, 2.24) is 14.2 Å². The highest BCUT2D eigenvalue weighted by Gasteiger charge is 2.28. The van der Waals surface area contributed by atoms with Crippen LogP contribution in [0.3, 0.4) is 0 Å². The van der Waals surface area contributed by atoms with Crippen LogP contribution in [0, 0.1) is 0 Å². The highest BCUT2D eigenvalue weighted by atomic mass is 32.2. The Kier molecular flexibility index (Phi) is 4.39. The molecule has 0 unspecified atom stereocenters. The zero-order chi connectivity index (χ0) is 15.6. The minimum absolute atomic E-state index is 0.102. The van der Waals surface area contributed by atoms with Crippen molar-refractivity contribution in [2.75, 3.05) is 39.3 Å². The number of nitrogens with zero attached hydrogens (tertiary/aromatic N) is 3. The van der Waals surface area contributed by atoms with Crippen molar-refractivity contribution in [3.05, 3.63) is 36.5 Å². The predicted molar refractivity (Wildman–Crippen MR) is 84.0 cm³/mol. The highest BCUT2D eigenvalue weighted by Crippen LogP contribution is 2.21. The van der Waals surface area contributed by atoms with E-state index in [1.165, 1.54) is 4.31 Å². The van der Waals surface area contributed by atoms with E-state index in [1.807, 2.05) is 6.07 Å². The van der Waals surface area contributed by atoms with Crippen molar-refractivity contribution in [1.29, 1.82) is 0 Å². The Bertz CT molecular complexity index is 755. The van der Waals surface area contributed by atoms with Crippen LogP contribution in [0.25, 0.3) is 10.9 Å². The monoisotopic (exact) mass is 321 g/mol. The van der Waals surface area contributed by atoms with E-state index in [-0.39, 0.29) is 6.61 Å². The van der Waals surface area contributed by atoms with E-state index >= 15 is 0 Å². The molecule has 2 aromatic rings. The number of rotatable bonds is 4. The Morgan fingerprint density at radius 1 is 1.14 bits per heavy atom. The molecule has 0 radical (unpaired) electrons. The number of sulfonamides is 1. The Labute approximate surface area is 130 Å². The molecule has 1 aliphatic heterocycles. The second-order valence-electron chi connectivity index (χ2n) is 5.33. The van der Waals surface area contributed by atoms with Gasteiger partial charge in [-0.3, -0.25) is 9.88 Å². The molecule has 22 heavy (non-hydrogen) atoms. The Balaban J connectivity index is 1.82. The van der Waals surface area contributed by atoms with Gasteiger partial charge < -0.3 is 5.11 Å². The average molecular weight is 321 g/mol. The van der Waals surface area contributed by atoms with Gasteiger partial charge in [0.2, 0.25) is 10.0 Å². The number of aliphatic hydroxyl groups excluding tert-OH is 1. The summed E-state index contributed by atoms with van der Waals surface area (Å²) in [5, 5.41) is 9.77. The predicted octanol–water partition coefficient (Wildman–Crippen LogP) is 0.533. The summed E-state index contributed by atoms with van der Waals surface area (Å²) >= 11 is 0. The quantitative estimate of drug-likeness (QED) is 0.889. The molecule has 1 aromatic carbocycles. The van der Waals surface area contributed by atoms with Gasteiger partial charge in [-0.25, -0.2) is 8.42 Å². The third-order valence-electron chi connectivity index (χ3n) is 3.96. The first-order valence-corrected chi connectivity index (χ1v) is 8.73. The third kappa shape index (κ3) is 2.98. The summed E-state index contributed by atoms with van der Waals surface area (Å²) in [6, 6.07) is 8.69. The Hall–Kier alpha value is -1.54. The fourth-order valence-electron chi connectivity index (χ4n) is 2.70. The molecule has 0 atom stereocenters. The molecule has 1 fully saturated rings. The zero-order valence-corrected chi connectivity index (χ0v) is 13.0. The lowest BCUT2D eigenvalue weighted by molar-refractivity contribution is 0.151. The summed E-state index contributed by atoms with van der Waals surface area (Å²) in [4.78, 5) is 6.58. The smallest absolute Gasteiger partial charge is 0.243 e. The number of fused-ring (bicyclic) bond motifs is 1. The maximum Gasteiger partial charge on any atom is 0.243 e. The first-order chi connectivity index (χ1) is 10.6. The van der Waals surface area contributed by atoms with Crippen LogP contribution in [0.15, 0.2) is 41.4 Å². The number of β-amino-alcohol motifs (C(OH)–C–C–N with tert-alkyl or cyclic N) is 1. The highest BCUT2D eigenvalue weighted by molar-refractivity contribution is 7.89. The van der Waals surface area contributed by atoms with Crippen LogP contribution in [0.4, 0.5) is 0 Å². The maximum absolute atomic E-state index is 12.7. The number of aliphatic hydroxyl groups is 1. The van der Waals surface area contributed by atoms with Gasteiger partial charge >= 0.3 is 0 Å². The topological polar surface area (TPSA) is 73.7 Å². The van der Waals surface area contributed by atoms with Gasteiger partial charge in [-0.1, -0.05) is 6.07 Å². The molecule has 1 aliphatic rings. The van der Waals surface area contributed by atoms with Gasteiger partial charge in [0.1, 0.15) is 0 Å². The fourth-order valence-corrected chi connectivity index (χ4v) is 4.16. The van der Waals surface area contributed by atoms with Gasteiger partial charge in [0, 0.05) is 44.3 Å². The lowest BCUT2D eigenvalue weighted by Crippen LogP contribution is -2.49. The van der Waals surface area contributed by atoms with Gasteiger partial charge in [0.15, 0.2) is 0 Å². The van der Waals surface area contributed by atoms with E-state index in [9.17, 15) is 8.42 Å². The van der Waals surface area contributed by atoms with Crippen LogP contribution in [0.2, 0.25) is 0 Å². The second kappa shape index (κ2) is 6.29. The van der Waals surface area contributed by atoms with Crippen molar-refractivity contribution in [2.45, 2.75) is 4.90 Å². The summed E-state index contributed by atoms with van der Waals surface area (Å²) in [6.45, 7) is 2.89. The van der Waals surface area contributed by atoms with Crippen molar-refractivity contribution in [3.8, 4) is 0 Å². The first-order valence-electron chi connectivity index (χ1n) is 7.29. The molecule has 0 amide bonds. The molecule has 1 N–H and O–H groups in total. The molecule has 0 aliphatic carbocycles. The van der Waals surface area contributed by atoms with Crippen LogP contribution < -0.4 is 0 Å². The fraction of sp³-hybridized carbons (Fsp3) is 0.400. The van der Waals surface area contributed by atoms with E-state index in [2.05, 4.69) is 9.88 Å². The molecule has 1 aromatic heterocycles. The van der Waals surface area contributed by atoms with Gasteiger partial charge in [0.25, 0.3) is 0 Å². The summed E-state index contributed by atoms with van der Waals surface area (Å²) in [5.74, 6) is 0. The molecule has 0 saturated carbocycles. The summed E-state index contributed by atoms with van der Waals surface area (Å²) in [6.07, 6.45) is 1.69. The minimum Gasteiger partial charge on any atom is -0.395 e. The molecule has 6 nitrogen and oxygen atoms in total. The van der Waals surface area contributed by atoms with Crippen molar-refractivity contribution in [2.24, 2.45) is 0 Å². The number of pyridine rings is 1. The molecule has 118 valence electrons. The van der Waals surface area contributed by atoms with Gasteiger partial charge in [-0.2, -0.15) is 4.31 Å². The molecule has 0 spiro atoms. The molecule has 7 heteroatoms. The molecule has 0 bridgehead atoms. The number of piperazine rings is 1. The first kappa shape index (κ1) is 15.4. The lowest BCUT2D eigenvalue weighted by Gasteiger charge is -2.33. The Morgan fingerprint density at radius 3 is 2.64 bits per heavy atom.